The van der Waals surface area contributed by atoms with Gasteiger partial charge in [-0.2, -0.15) is 0 Å². The minimum atomic E-state index is 0. The van der Waals surface area contributed by atoms with Gasteiger partial charge in [-0.3, -0.25) is 0 Å². The molecule has 0 saturated heterocycles. The minimum absolute atomic E-state index is 0. The van der Waals surface area contributed by atoms with Crippen LogP contribution in [0.15, 0.2) is 36.4 Å². The Morgan fingerprint density at radius 3 is 1.14 bits per heavy atom. The average molecular weight is 837 g/mol. The first-order valence-corrected chi connectivity index (χ1v) is 15.2. The van der Waals surface area contributed by atoms with E-state index in [2.05, 4.69) is 76.4 Å². The van der Waals surface area contributed by atoms with E-state index in [9.17, 15) is 0 Å². The van der Waals surface area contributed by atoms with Crippen molar-refractivity contribution in [2.24, 2.45) is 0 Å². The van der Waals surface area contributed by atoms with Gasteiger partial charge in [-0.15, -0.1) is 0 Å². The van der Waals surface area contributed by atoms with Crippen LogP contribution < -0.4 is 0 Å². The summed E-state index contributed by atoms with van der Waals surface area (Å²) < 4.78 is 0. The molecule has 2 aromatic carbocycles. The molecular formula is C35H40Cl4HfN4. The summed E-state index contributed by atoms with van der Waals surface area (Å²) >= 11 is 26.0. The van der Waals surface area contributed by atoms with Gasteiger partial charge in [0.2, 0.25) is 0 Å². The molecule has 4 rings (SSSR count). The average Bonchev–Trinajstić information content (AvgIpc) is 2.86. The molecule has 44 heavy (non-hydrogen) atoms. The van der Waals surface area contributed by atoms with Crippen molar-refractivity contribution in [2.45, 2.75) is 60.8 Å². The molecule has 4 aromatic rings. The summed E-state index contributed by atoms with van der Waals surface area (Å²) in [6, 6.07) is 12.0. The predicted molar refractivity (Wildman–Crippen MR) is 190 cm³/mol. The van der Waals surface area contributed by atoms with Gasteiger partial charge < -0.3 is 35.5 Å². The molecular weight excluding hydrogens is 797 g/mol. The van der Waals surface area contributed by atoms with Gasteiger partial charge in [-0.25, -0.2) is 0 Å². The summed E-state index contributed by atoms with van der Waals surface area (Å²) in [4.78, 5) is 9.50. The van der Waals surface area contributed by atoms with Crippen LogP contribution in [0.25, 0.3) is 33.1 Å². The van der Waals surface area contributed by atoms with E-state index in [1.807, 2.05) is 0 Å². The van der Waals surface area contributed by atoms with Crippen LogP contribution in [-0.2, 0) is 25.8 Å². The molecule has 0 saturated carbocycles. The number of unbranched alkanes of at least 4 members (excludes halogenated alkanes) is 2. The summed E-state index contributed by atoms with van der Waals surface area (Å²) in [6.07, 6.45) is 2.70. The van der Waals surface area contributed by atoms with Gasteiger partial charge in [0.15, 0.2) is 0 Å². The fourth-order valence-corrected chi connectivity index (χ4v) is 6.39. The van der Waals surface area contributed by atoms with Crippen molar-refractivity contribution in [1.82, 2.24) is 9.97 Å². The number of pyridine rings is 2. The molecule has 2 heterocycles. The van der Waals surface area contributed by atoms with Gasteiger partial charge >= 0.3 is 25.8 Å². The molecule has 9 heteroatoms. The van der Waals surface area contributed by atoms with E-state index in [4.69, 9.17) is 56.4 Å². The third-order valence-electron chi connectivity index (χ3n) is 6.99. The summed E-state index contributed by atoms with van der Waals surface area (Å²) in [5.74, 6) is 1.03. The Bertz CT molecular complexity index is 1430. The summed E-state index contributed by atoms with van der Waals surface area (Å²) in [5.41, 5.74) is 10.4. The minimum Gasteiger partial charge on any atom is -0.464 e. The molecule has 232 valence electrons. The van der Waals surface area contributed by atoms with Crippen LogP contribution in [-0.4, -0.2) is 23.1 Å². The normalized spacial score (nSPS) is 10.4. The number of aromatic nitrogens is 2. The standard InChI is InChI=1S/C33H34Cl4N4.2CH3.Hf/c1-18-12-20(3)28(21(4)13-18)30-24(34)16-26(36)32(40-30)38-10-8-7-9-11-39-33-27(37)17-25(35)31(41-33)29-22(5)14-19(2)15-23(29)6;;;/h12-17H,7-11H2,1-6H3;2*1H3;/q-2;2*-1;+4. The Morgan fingerprint density at radius 2 is 0.818 bits per heavy atom. The van der Waals surface area contributed by atoms with Crippen molar-refractivity contribution in [3.8, 4) is 22.5 Å². The molecule has 0 aliphatic rings. The van der Waals surface area contributed by atoms with E-state index in [0.717, 1.165) is 52.6 Å². The fourth-order valence-electron chi connectivity index (χ4n) is 5.36. The smallest absolute Gasteiger partial charge is 0.464 e. The molecule has 2 aromatic heterocycles. The molecule has 0 radical (unpaired) electrons. The second-order valence-corrected chi connectivity index (χ2v) is 12.2. The van der Waals surface area contributed by atoms with Crippen LogP contribution >= 0.6 is 46.4 Å². The zero-order valence-corrected chi connectivity index (χ0v) is 33.4. The van der Waals surface area contributed by atoms with E-state index in [1.54, 1.807) is 12.1 Å². The second kappa shape index (κ2) is 17.9. The van der Waals surface area contributed by atoms with Crippen molar-refractivity contribution in [3.05, 3.63) is 115 Å². The van der Waals surface area contributed by atoms with Crippen molar-refractivity contribution in [2.75, 3.05) is 13.1 Å². The third-order valence-corrected chi connectivity index (χ3v) is 8.12. The first-order chi connectivity index (χ1) is 19.5. The van der Waals surface area contributed by atoms with Crippen molar-refractivity contribution in [3.63, 3.8) is 0 Å². The quantitative estimate of drug-likeness (QED) is 0.0908. The molecule has 0 N–H and O–H groups in total. The van der Waals surface area contributed by atoms with Crippen LogP contribution in [0.5, 0.6) is 0 Å². The van der Waals surface area contributed by atoms with Crippen LogP contribution in [0.2, 0.25) is 20.1 Å². The van der Waals surface area contributed by atoms with Gasteiger partial charge in [0, 0.05) is 20.1 Å². The number of hydrogen-bond donors (Lipinski definition) is 0. The van der Waals surface area contributed by atoms with E-state index >= 15 is 0 Å². The number of hydrogen-bond acceptors (Lipinski definition) is 2. The SMILES string of the molecule is Cc1cc(C)c(-c2nc([N-]CCCCC[N-]c3nc(-c4c(C)cc(C)cc4C)c(Cl)cc3Cl)c(Cl)cc2Cl)c(C)c1.[CH3-].[CH3-].[Hf+4]. The maximum atomic E-state index is 6.55. The van der Waals surface area contributed by atoms with Crippen molar-refractivity contribution in [1.29, 1.82) is 0 Å². The predicted octanol–water partition coefficient (Wildman–Crippen LogP) is 13.1. The Kier molecular flexibility index (Phi) is 16.4. The Labute approximate surface area is 303 Å². The van der Waals surface area contributed by atoms with Gasteiger partial charge in [-0.05, 0) is 110 Å². The largest absolute Gasteiger partial charge is 4.00 e. The van der Waals surface area contributed by atoms with Gasteiger partial charge in [0.1, 0.15) is 0 Å². The Balaban J connectivity index is 0.00000323. The zero-order valence-electron chi connectivity index (χ0n) is 26.8. The third kappa shape index (κ3) is 9.69. The maximum absolute atomic E-state index is 6.55. The number of rotatable bonds is 10. The molecule has 0 amide bonds. The zero-order chi connectivity index (χ0) is 29.8. The fraction of sp³-hybridized carbons (Fsp3) is 0.314. The molecule has 0 unspecified atom stereocenters. The van der Waals surface area contributed by atoms with Crippen LogP contribution in [0.1, 0.15) is 52.6 Å². The van der Waals surface area contributed by atoms with Crippen LogP contribution in [0.4, 0.5) is 11.6 Å². The molecule has 0 bridgehead atoms. The van der Waals surface area contributed by atoms with E-state index in [0.29, 0.717) is 56.2 Å². The molecule has 0 aliphatic heterocycles. The molecule has 0 atom stereocenters. The van der Waals surface area contributed by atoms with Crippen LogP contribution in [0.3, 0.4) is 0 Å². The van der Waals surface area contributed by atoms with E-state index in [-0.39, 0.29) is 40.7 Å². The Morgan fingerprint density at radius 1 is 0.500 bits per heavy atom. The topological polar surface area (TPSA) is 54.0 Å². The number of benzene rings is 2. The second-order valence-electron chi connectivity index (χ2n) is 10.6. The molecule has 0 aliphatic carbocycles. The van der Waals surface area contributed by atoms with Crippen LogP contribution in [0, 0.1) is 56.4 Å². The maximum Gasteiger partial charge on any atom is 4.00 e. The first kappa shape index (κ1) is 40.4. The summed E-state index contributed by atoms with van der Waals surface area (Å²) in [5, 5.41) is 11.3. The van der Waals surface area contributed by atoms with E-state index < -0.39 is 0 Å². The van der Waals surface area contributed by atoms with Gasteiger partial charge in [0.25, 0.3) is 0 Å². The molecule has 0 fully saturated rings. The summed E-state index contributed by atoms with van der Waals surface area (Å²) in [6.45, 7) is 13.7. The molecule has 0 spiro atoms. The van der Waals surface area contributed by atoms with Gasteiger partial charge in [-0.1, -0.05) is 114 Å². The van der Waals surface area contributed by atoms with E-state index in [1.165, 1.54) is 11.1 Å². The van der Waals surface area contributed by atoms with Crippen molar-refractivity contribution < 1.29 is 25.8 Å². The van der Waals surface area contributed by atoms with Gasteiger partial charge in [0.05, 0.1) is 0 Å². The Hall–Kier alpha value is -1.63. The van der Waals surface area contributed by atoms with Crippen molar-refractivity contribution >= 4 is 58.0 Å². The monoisotopic (exact) mass is 836 g/mol. The number of aryl methyl sites for hydroxylation is 6. The number of halogens is 4. The number of nitrogens with zero attached hydrogens (tertiary/aromatic N) is 4. The molecule has 4 nitrogen and oxygen atoms in total. The first-order valence-electron chi connectivity index (χ1n) is 13.7. The summed E-state index contributed by atoms with van der Waals surface area (Å²) in [7, 11) is 0.